The van der Waals surface area contributed by atoms with E-state index in [-0.39, 0.29) is 5.75 Å². The number of nitrogens with one attached hydrogen (secondary N) is 1. The molecule has 0 saturated heterocycles. The maximum absolute atomic E-state index is 12.6. The summed E-state index contributed by atoms with van der Waals surface area (Å²) in [5, 5.41) is 3.65. The van der Waals surface area contributed by atoms with Crippen molar-refractivity contribution >= 4 is 24.2 Å². The molecular weight excluding hydrogens is 375 g/mol. The first-order valence-electron chi connectivity index (χ1n) is 7.84. The van der Waals surface area contributed by atoms with Crippen LogP contribution in [0.1, 0.15) is 11.1 Å². The van der Waals surface area contributed by atoms with E-state index >= 15 is 0 Å². The lowest BCUT2D eigenvalue weighted by molar-refractivity contribution is -0.00743. The van der Waals surface area contributed by atoms with Crippen LogP contribution in [0, 0.1) is 0 Å². The summed E-state index contributed by atoms with van der Waals surface area (Å²) in [5.41, 5.74) is 1.49. The normalized spacial score (nSPS) is 10.6. The molecule has 0 aliphatic heterocycles. The van der Waals surface area contributed by atoms with Crippen molar-refractivity contribution in [2.24, 2.45) is 0 Å². The molecular formula is C19H16ClFN2O2S. The minimum atomic E-state index is 0.102. The summed E-state index contributed by atoms with van der Waals surface area (Å²) in [5.74, 6) is 1.43. The second kappa shape index (κ2) is 8.89. The van der Waals surface area contributed by atoms with Crippen molar-refractivity contribution in [1.82, 2.24) is 10.3 Å². The van der Waals surface area contributed by atoms with Gasteiger partial charge in [-0.05, 0) is 48.0 Å². The van der Waals surface area contributed by atoms with Crippen molar-refractivity contribution in [3.05, 3.63) is 77.1 Å². The summed E-state index contributed by atoms with van der Waals surface area (Å²) >= 11 is 10.6. The number of ether oxygens (including phenoxy) is 1. The summed E-state index contributed by atoms with van der Waals surface area (Å²) in [4.78, 5) is 8.71. The monoisotopic (exact) mass is 390 g/mol. The van der Waals surface area contributed by atoms with E-state index in [9.17, 15) is 4.53 Å². The van der Waals surface area contributed by atoms with E-state index in [1.807, 2.05) is 24.3 Å². The average Bonchev–Trinajstić information content (AvgIpc) is 2.66. The van der Waals surface area contributed by atoms with Gasteiger partial charge in [0.25, 0.3) is 0 Å². The van der Waals surface area contributed by atoms with Crippen LogP contribution >= 0.6 is 24.2 Å². The standard InChI is InChI=1S/C19H16ClFN2O2S/c20-17-4-1-5-18(25-21)16(17)12-23-10-13-9-14(6-7-19(13)26)24-15-3-2-8-22-11-15/h1-9,11,23,26H,10,12H2. The SMILES string of the molecule is FOc1cccc(Cl)c1CNCc1cc(Oc2cccnc2)ccc1S. The van der Waals surface area contributed by atoms with E-state index in [1.165, 1.54) is 6.07 Å². The Morgan fingerprint density at radius 2 is 1.96 bits per heavy atom. The lowest BCUT2D eigenvalue weighted by Gasteiger charge is -2.12. The van der Waals surface area contributed by atoms with Crippen LogP contribution in [0.25, 0.3) is 0 Å². The zero-order valence-electron chi connectivity index (χ0n) is 13.7. The minimum absolute atomic E-state index is 0.102. The highest BCUT2D eigenvalue weighted by atomic mass is 35.5. The molecule has 0 atom stereocenters. The van der Waals surface area contributed by atoms with Gasteiger partial charge >= 0.3 is 0 Å². The van der Waals surface area contributed by atoms with E-state index in [0.29, 0.717) is 35.2 Å². The fraction of sp³-hybridized carbons (Fsp3) is 0.105. The molecule has 2 aromatic carbocycles. The molecule has 3 rings (SSSR count). The van der Waals surface area contributed by atoms with E-state index in [4.69, 9.17) is 16.3 Å². The van der Waals surface area contributed by atoms with Gasteiger partial charge in [0.1, 0.15) is 11.5 Å². The molecule has 0 saturated carbocycles. The van der Waals surface area contributed by atoms with Gasteiger partial charge in [0.2, 0.25) is 0 Å². The Kier molecular flexibility index (Phi) is 6.33. The molecule has 0 radical (unpaired) electrons. The minimum Gasteiger partial charge on any atom is -0.456 e. The van der Waals surface area contributed by atoms with Gasteiger partial charge in [0.05, 0.1) is 6.20 Å². The first kappa shape index (κ1) is 18.5. The van der Waals surface area contributed by atoms with Crippen LogP contribution in [-0.4, -0.2) is 4.98 Å². The largest absolute Gasteiger partial charge is 0.456 e. The predicted octanol–water partition coefficient (Wildman–Crippen LogP) is 5.37. The molecule has 26 heavy (non-hydrogen) atoms. The molecule has 1 aromatic heterocycles. The second-order valence-corrected chi connectivity index (χ2v) is 6.37. The van der Waals surface area contributed by atoms with Crippen molar-refractivity contribution in [2.45, 2.75) is 18.0 Å². The van der Waals surface area contributed by atoms with Gasteiger partial charge in [0, 0.05) is 39.3 Å². The first-order chi connectivity index (χ1) is 12.7. The highest BCUT2D eigenvalue weighted by Crippen LogP contribution is 2.28. The summed E-state index contributed by atoms with van der Waals surface area (Å²) in [7, 11) is 0. The van der Waals surface area contributed by atoms with E-state index in [2.05, 4.69) is 27.9 Å². The van der Waals surface area contributed by atoms with Gasteiger partial charge in [-0.3, -0.25) is 9.93 Å². The number of thiol groups is 1. The highest BCUT2D eigenvalue weighted by molar-refractivity contribution is 7.80. The lowest BCUT2D eigenvalue weighted by atomic mass is 10.1. The molecule has 0 aliphatic carbocycles. The number of halogens is 2. The smallest absolute Gasteiger partial charge is 0.177 e. The molecule has 134 valence electrons. The number of rotatable bonds is 7. The Balaban J connectivity index is 1.67. The van der Waals surface area contributed by atoms with Crippen molar-refractivity contribution in [1.29, 1.82) is 0 Å². The molecule has 0 spiro atoms. The topological polar surface area (TPSA) is 43.4 Å². The van der Waals surface area contributed by atoms with Crippen LogP contribution in [-0.2, 0) is 13.1 Å². The van der Waals surface area contributed by atoms with Crippen LogP contribution in [0.2, 0.25) is 5.02 Å². The molecule has 1 heterocycles. The van der Waals surface area contributed by atoms with Crippen LogP contribution in [0.5, 0.6) is 17.2 Å². The Hall–Kier alpha value is -2.28. The van der Waals surface area contributed by atoms with E-state index in [0.717, 1.165) is 10.5 Å². The summed E-state index contributed by atoms with van der Waals surface area (Å²) in [6, 6.07) is 14.1. The van der Waals surface area contributed by atoms with Crippen molar-refractivity contribution < 1.29 is 14.2 Å². The molecule has 7 heteroatoms. The summed E-state index contributed by atoms with van der Waals surface area (Å²) < 4.78 is 18.4. The Morgan fingerprint density at radius 1 is 1.08 bits per heavy atom. The number of benzene rings is 2. The van der Waals surface area contributed by atoms with Gasteiger partial charge in [-0.1, -0.05) is 17.7 Å². The predicted molar refractivity (Wildman–Crippen MR) is 102 cm³/mol. The van der Waals surface area contributed by atoms with Gasteiger partial charge in [0.15, 0.2) is 5.75 Å². The van der Waals surface area contributed by atoms with E-state index in [1.54, 1.807) is 30.6 Å². The lowest BCUT2D eigenvalue weighted by Crippen LogP contribution is -2.14. The Labute approximate surface area is 161 Å². The summed E-state index contributed by atoms with van der Waals surface area (Å²) in [6.07, 6.45) is 3.32. The Bertz CT molecular complexity index is 881. The highest BCUT2D eigenvalue weighted by Gasteiger charge is 2.10. The van der Waals surface area contributed by atoms with Crippen LogP contribution in [0.3, 0.4) is 0 Å². The second-order valence-electron chi connectivity index (χ2n) is 5.48. The van der Waals surface area contributed by atoms with Crippen molar-refractivity contribution in [2.75, 3.05) is 0 Å². The third-order valence-electron chi connectivity index (χ3n) is 3.70. The number of nitrogens with zero attached hydrogens (tertiary/aromatic N) is 1. The van der Waals surface area contributed by atoms with Gasteiger partial charge < -0.3 is 10.1 Å². The van der Waals surface area contributed by atoms with Crippen LogP contribution < -0.4 is 15.0 Å². The first-order valence-corrected chi connectivity index (χ1v) is 8.66. The number of aromatic nitrogens is 1. The zero-order chi connectivity index (χ0) is 18.4. The fourth-order valence-electron chi connectivity index (χ4n) is 2.42. The maximum Gasteiger partial charge on any atom is 0.177 e. The third kappa shape index (κ3) is 4.66. The molecule has 0 bridgehead atoms. The van der Waals surface area contributed by atoms with Crippen molar-refractivity contribution in [3.63, 3.8) is 0 Å². The van der Waals surface area contributed by atoms with Crippen molar-refractivity contribution in [3.8, 4) is 17.2 Å². The molecule has 4 nitrogen and oxygen atoms in total. The maximum atomic E-state index is 12.6. The number of pyridine rings is 1. The molecule has 1 N–H and O–H groups in total. The molecule has 0 fully saturated rings. The molecule has 0 unspecified atom stereocenters. The fourth-order valence-corrected chi connectivity index (χ4v) is 2.87. The van der Waals surface area contributed by atoms with Crippen LogP contribution in [0.4, 0.5) is 4.53 Å². The third-order valence-corrected chi connectivity index (χ3v) is 4.49. The zero-order valence-corrected chi connectivity index (χ0v) is 15.3. The van der Waals surface area contributed by atoms with Gasteiger partial charge in [-0.2, -0.15) is 0 Å². The average molecular weight is 391 g/mol. The van der Waals surface area contributed by atoms with Crippen LogP contribution in [0.15, 0.2) is 65.8 Å². The summed E-state index contributed by atoms with van der Waals surface area (Å²) in [6.45, 7) is 0.847. The van der Waals surface area contributed by atoms with E-state index < -0.39 is 0 Å². The number of hydrogen-bond donors (Lipinski definition) is 2. The molecule has 0 aliphatic rings. The molecule has 3 aromatic rings. The van der Waals surface area contributed by atoms with Gasteiger partial charge in [-0.15, -0.1) is 12.6 Å². The van der Waals surface area contributed by atoms with Gasteiger partial charge in [-0.25, -0.2) is 0 Å². The molecule has 0 amide bonds. The Morgan fingerprint density at radius 3 is 2.73 bits per heavy atom. The quantitative estimate of drug-likeness (QED) is 0.532. The number of hydrogen-bond acceptors (Lipinski definition) is 5.